The van der Waals surface area contributed by atoms with Crippen molar-refractivity contribution in [2.45, 2.75) is 19.1 Å². The molecular weight excluding hydrogens is 450 g/mol. The molecule has 0 bridgehead atoms. The van der Waals surface area contributed by atoms with E-state index in [1.807, 2.05) is 24.3 Å². The zero-order valence-corrected chi connectivity index (χ0v) is 19.6. The van der Waals surface area contributed by atoms with Crippen molar-refractivity contribution in [2.75, 3.05) is 27.4 Å². The van der Waals surface area contributed by atoms with E-state index in [1.165, 1.54) is 15.8 Å². The Hall–Kier alpha value is -4.18. The molecule has 0 aliphatic heterocycles. The number of ether oxygens (including phenoxy) is 2. The normalized spacial score (nSPS) is 11.8. The summed E-state index contributed by atoms with van der Waals surface area (Å²) in [5.74, 6) is 0.533. The number of nitrogens with one attached hydrogen (secondary N) is 1. The van der Waals surface area contributed by atoms with E-state index in [1.54, 1.807) is 50.6 Å². The number of methoxy groups -OCH3 is 2. The number of para-hydroxylation sites is 1. The summed E-state index contributed by atoms with van der Waals surface area (Å²) >= 11 is 0. The lowest BCUT2D eigenvalue weighted by Gasteiger charge is -2.31. The molecule has 2 heterocycles. The number of fused-ring (bicyclic) bond motifs is 1. The van der Waals surface area contributed by atoms with Crippen LogP contribution in [0.1, 0.15) is 17.4 Å². The quantitative estimate of drug-likeness (QED) is 0.331. The molecule has 0 saturated carbocycles. The van der Waals surface area contributed by atoms with Crippen molar-refractivity contribution in [1.82, 2.24) is 25.2 Å². The fraction of sp³-hybridized carbons (Fsp3) is 0.280. The van der Waals surface area contributed by atoms with Crippen molar-refractivity contribution in [3.05, 3.63) is 78.3 Å². The lowest BCUT2D eigenvalue weighted by Crippen LogP contribution is -2.45. The van der Waals surface area contributed by atoms with Gasteiger partial charge in [0.05, 0.1) is 32.0 Å². The molecule has 0 saturated heterocycles. The number of carbonyl (C=O) groups excluding carboxylic acids is 2. The highest BCUT2D eigenvalue weighted by molar-refractivity contribution is 5.89. The van der Waals surface area contributed by atoms with Crippen molar-refractivity contribution in [3.8, 4) is 5.75 Å². The minimum absolute atomic E-state index is 0.0901. The van der Waals surface area contributed by atoms with Crippen LogP contribution in [0.15, 0.2) is 71.3 Å². The van der Waals surface area contributed by atoms with Crippen LogP contribution < -0.4 is 10.1 Å². The van der Waals surface area contributed by atoms with E-state index in [-0.39, 0.29) is 24.9 Å². The van der Waals surface area contributed by atoms with Crippen LogP contribution in [0.5, 0.6) is 5.75 Å². The summed E-state index contributed by atoms with van der Waals surface area (Å²) in [4.78, 5) is 28.6. The fourth-order valence-electron chi connectivity index (χ4n) is 3.78. The second-order valence-corrected chi connectivity index (χ2v) is 7.80. The molecule has 2 amide bonds. The highest BCUT2D eigenvalue weighted by atomic mass is 16.5. The van der Waals surface area contributed by atoms with E-state index in [0.29, 0.717) is 35.7 Å². The van der Waals surface area contributed by atoms with Crippen LogP contribution in [0.2, 0.25) is 0 Å². The second kappa shape index (κ2) is 11.3. The van der Waals surface area contributed by atoms with Gasteiger partial charge in [0.15, 0.2) is 0 Å². The van der Waals surface area contributed by atoms with Crippen LogP contribution in [0.3, 0.4) is 0 Å². The highest BCUT2D eigenvalue weighted by Crippen LogP contribution is 2.26. The van der Waals surface area contributed by atoms with Gasteiger partial charge in [-0.3, -0.25) is 9.59 Å². The van der Waals surface area contributed by atoms with Crippen LogP contribution in [0.4, 0.5) is 0 Å². The summed E-state index contributed by atoms with van der Waals surface area (Å²) < 4.78 is 17.4. The number of amides is 2. The standard InChI is InChI=1S/C25H27N5O5/c1-33-15-13-26-25(32)24(18-9-11-19(34-2)12-10-18)29(16-20-6-5-14-35-20)23(31)17-30-22-8-4-3-7-21(22)27-28-30/h3-12,14,24H,13,15-17H2,1-2H3,(H,26,32)/t24-/m1/s1. The maximum atomic E-state index is 13.7. The number of hydrogen-bond donors (Lipinski definition) is 1. The first-order valence-electron chi connectivity index (χ1n) is 11.1. The third-order valence-corrected chi connectivity index (χ3v) is 5.53. The zero-order chi connectivity index (χ0) is 24.6. The van der Waals surface area contributed by atoms with Gasteiger partial charge < -0.3 is 24.1 Å². The lowest BCUT2D eigenvalue weighted by atomic mass is 10.0. The zero-order valence-electron chi connectivity index (χ0n) is 19.6. The Morgan fingerprint density at radius 1 is 1.09 bits per heavy atom. The van der Waals surface area contributed by atoms with E-state index in [2.05, 4.69) is 15.6 Å². The first kappa shape index (κ1) is 24.0. The smallest absolute Gasteiger partial charge is 0.247 e. The molecule has 4 rings (SSSR count). The largest absolute Gasteiger partial charge is 0.497 e. The van der Waals surface area contributed by atoms with Gasteiger partial charge in [-0.2, -0.15) is 0 Å². The Labute approximate surface area is 202 Å². The van der Waals surface area contributed by atoms with E-state index >= 15 is 0 Å². The first-order chi connectivity index (χ1) is 17.1. The molecule has 4 aromatic rings. The predicted octanol–water partition coefficient (Wildman–Crippen LogP) is 2.57. The summed E-state index contributed by atoms with van der Waals surface area (Å²) in [6.45, 7) is 0.642. The Kier molecular flexibility index (Phi) is 7.74. The number of rotatable bonds is 11. The third-order valence-electron chi connectivity index (χ3n) is 5.53. The molecule has 0 aliphatic carbocycles. The van der Waals surface area contributed by atoms with Crippen molar-refractivity contribution in [2.24, 2.45) is 0 Å². The molecule has 10 nitrogen and oxygen atoms in total. The number of aromatic nitrogens is 3. The minimum Gasteiger partial charge on any atom is -0.497 e. The minimum atomic E-state index is -0.926. The van der Waals surface area contributed by atoms with Gasteiger partial charge >= 0.3 is 0 Å². The van der Waals surface area contributed by atoms with E-state index < -0.39 is 6.04 Å². The average Bonchev–Trinajstić information content (AvgIpc) is 3.54. The van der Waals surface area contributed by atoms with Gasteiger partial charge in [0.1, 0.15) is 29.6 Å². The highest BCUT2D eigenvalue weighted by Gasteiger charge is 2.32. The molecule has 35 heavy (non-hydrogen) atoms. The number of hydrogen-bond acceptors (Lipinski definition) is 7. The fourth-order valence-corrected chi connectivity index (χ4v) is 3.78. The van der Waals surface area contributed by atoms with Crippen molar-refractivity contribution < 1.29 is 23.5 Å². The van der Waals surface area contributed by atoms with Gasteiger partial charge in [-0.25, -0.2) is 4.68 Å². The number of benzene rings is 2. The number of nitrogens with zero attached hydrogens (tertiary/aromatic N) is 4. The molecule has 0 radical (unpaired) electrons. The van der Waals surface area contributed by atoms with Gasteiger partial charge in [-0.1, -0.05) is 29.5 Å². The predicted molar refractivity (Wildman–Crippen MR) is 127 cm³/mol. The monoisotopic (exact) mass is 477 g/mol. The molecule has 0 spiro atoms. The van der Waals surface area contributed by atoms with Crippen molar-refractivity contribution >= 4 is 22.8 Å². The van der Waals surface area contributed by atoms with E-state index in [9.17, 15) is 9.59 Å². The van der Waals surface area contributed by atoms with Gasteiger partial charge in [-0.15, -0.1) is 5.10 Å². The van der Waals surface area contributed by atoms with Gasteiger partial charge in [0.25, 0.3) is 0 Å². The molecule has 0 unspecified atom stereocenters. The molecule has 10 heteroatoms. The van der Waals surface area contributed by atoms with Gasteiger partial charge in [-0.05, 0) is 42.0 Å². The second-order valence-electron chi connectivity index (χ2n) is 7.80. The van der Waals surface area contributed by atoms with Crippen LogP contribution in [0.25, 0.3) is 11.0 Å². The Morgan fingerprint density at radius 2 is 1.89 bits per heavy atom. The van der Waals surface area contributed by atoms with Gasteiger partial charge in [0, 0.05) is 13.7 Å². The number of carbonyl (C=O) groups is 2. The summed E-state index contributed by atoms with van der Waals surface area (Å²) in [5, 5.41) is 11.1. The summed E-state index contributed by atoms with van der Waals surface area (Å²) in [6.07, 6.45) is 1.53. The number of furan rings is 1. The molecular formula is C25H27N5O5. The molecule has 182 valence electrons. The summed E-state index contributed by atoms with van der Waals surface area (Å²) in [7, 11) is 3.13. The Morgan fingerprint density at radius 3 is 2.60 bits per heavy atom. The molecule has 1 atom stereocenters. The maximum absolute atomic E-state index is 13.7. The van der Waals surface area contributed by atoms with Crippen LogP contribution in [-0.2, 0) is 27.4 Å². The summed E-state index contributed by atoms with van der Waals surface area (Å²) in [5.41, 5.74) is 2.04. The van der Waals surface area contributed by atoms with Crippen LogP contribution in [0, 0.1) is 0 Å². The summed E-state index contributed by atoms with van der Waals surface area (Å²) in [6, 6.07) is 17.0. The molecule has 2 aromatic heterocycles. The SMILES string of the molecule is COCCNC(=O)[C@@H](c1ccc(OC)cc1)N(Cc1ccco1)C(=O)Cn1nnc2ccccc21. The molecule has 1 N–H and O–H groups in total. The van der Waals surface area contributed by atoms with Crippen LogP contribution in [-0.4, -0.2) is 59.1 Å². The molecule has 2 aromatic carbocycles. The Balaban J connectivity index is 1.69. The average molecular weight is 478 g/mol. The molecule has 0 fully saturated rings. The third kappa shape index (κ3) is 5.67. The van der Waals surface area contributed by atoms with Crippen molar-refractivity contribution in [3.63, 3.8) is 0 Å². The topological polar surface area (TPSA) is 112 Å². The van der Waals surface area contributed by atoms with E-state index in [0.717, 1.165) is 5.52 Å². The first-order valence-corrected chi connectivity index (χ1v) is 11.1. The molecule has 0 aliphatic rings. The van der Waals surface area contributed by atoms with Gasteiger partial charge in [0.2, 0.25) is 11.8 Å². The van der Waals surface area contributed by atoms with Crippen molar-refractivity contribution in [1.29, 1.82) is 0 Å². The van der Waals surface area contributed by atoms with E-state index in [4.69, 9.17) is 13.9 Å². The Bertz CT molecular complexity index is 1250. The maximum Gasteiger partial charge on any atom is 0.247 e. The van der Waals surface area contributed by atoms with Crippen LogP contribution >= 0.6 is 0 Å². The lowest BCUT2D eigenvalue weighted by molar-refractivity contribution is -0.142.